The average Bonchev–Trinajstić information content (AvgIpc) is 3.18. The Morgan fingerprint density at radius 2 is 1.21 bits per heavy atom. The fraction of sp³-hybridized carbons (Fsp3) is 0.580. The summed E-state index contributed by atoms with van der Waals surface area (Å²) in [6.07, 6.45) is 24.7. The molecule has 2 aliphatic heterocycles. The quantitative estimate of drug-likeness (QED) is 0.182. The van der Waals surface area contributed by atoms with Gasteiger partial charge in [0.2, 0.25) is 0 Å². The van der Waals surface area contributed by atoms with Gasteiger partial charge >= 0.3 is 8.56 Å². The molecule has 5 nitrogen and oxygen atoms in total. The number of allylic oxidation sites excluding steroid dienone is 5. The third-order valence-electron chi connectivity index (χ3n) is 13.5. The lowest BCUT2D eigenvalue weighted by atomic mass is 9.92. The first-order chi connectivity index (χ1) is 27.0. The minimum absolute atomic E-state index is 0.356. The zero-order valence-corrected chi connectivity index (χ0v) is 37.6. The number of anilines is 2. The average molecular weight is 772 g/mol. The molecule has 3 aliphatic carbocycles. The Bertz CT molecular complexity index is 1810. The summed E-state index contributed by atoms with van der Waals surface area (Å²) in [7, 11) is -3.22. The highest BCUT2D eigenvalue weighted by Gasteiger charge is 2.69. The van der Waals surface area contributed by atoms with Crippen LogP contribution in [-0.2, 0) is 0 Å². The van der Waals surface area contributed by atoms with E-state index < -0.39 is 8.56 Å². The van der Waals surface area contributed by atoms with E-state index in [1.54, 1.807) is 0 Å². The Morgan fingerprint density at radius 3 is 1.71 bits per heavy atom. The van der Waals surface area contributed by atoms with E-state index in [1.807, 2.05) is 0 Å². The number of para-hydroxylation sites is 2. The lowest BCUT2D eigenvalue weighted by molar-refractivity contribution is 0.275. The zero-order chi connectivity index (χ0) is 39.7. The first-order valence-corrected chi connectivity index (χ1v) is 24.6. The van der Waals surface area contributed by atoms with Crippen LogP contribution in [0.2, 0.25) is 0 Å². The van der Waals surface area contributed by atoms with Gasteiger partial charge in [-0.15, -0.1) is 0 Å². The molecular weight excluding hydrogens is 699 g/mol. The Morgan fingerprint density at radius 1 is 0.696 bits per heavy atom. The number of nitrogens with one attached hydrogen (secondary N) is 1. The maximum absolute atomic E-state index is 5.55. The third-order valence-corrected chi connectivity index (χ3v) is 18.1. The monoisotopic (exact) mass is 772 g/mol. The molecule has 0 radical (unpaired) electrons. The van der Waals surface area contributed by atoms with E-state index in [0.717, 1.165) is 18.5 Å². The first-order valence-electron chi connectivity index (χ1n) is 22.7. The summed E-state index contributed by atoms with van der Waals surface area (Å²) < 4.78 is 8.82. The summed E-state index contributed by atoms with van der Waals surface area (Å²) in [5.74, 6) is 1.45. The molecule has 0 amide bonds. The number of nitrogens with zero attached hydrogens (tertiary/aromatic N) is 4. The highest BCUT2D eigenvalue weighted by Crippen LogP contribution is 2.56. The molecule has 1 unspecified atom stereocenters. The van der Waals surface area contributed by atoms with Gasteiger partial charge in [0.25, 0.3) is 0 Å². The van der Waals surface area contributed by atoms with Crippen molar-refractivity contribution < 1.29 is 0 Å². The predicted octanol–water partition coefficient (Wildman–Crippen LogP) is 13.7. The number of hydrogen-bond acceptors (Lipinski definition) is 5. The van der Waals surface area contributed by atoms with E-state index in [4.69, 9.17) is 11.6 Å². The molecule has 0 bridgehead atoms. The standard InChI is InChI=1S/C50H73N5Si/c1-34(2)43-28-20-29-44(35(3)4)48(43)53-38(9)32-39(10)54(49-45(36(5)6)30-21-31-46(49)37(7)8)56(53)50(52-41-24-16-12-17-25-41)47(33-51-40-22-14-11-15-23-40)55(56)42-26-18-13-19-27-42/h20-21,24,28-37,40,42,52H,9,11-19,22-23,25-27H2,1-8,10H3. The summed E-state index contributed by atoms with van der Waals surface area (Å²) >= 11 is 0. The molecule has 2 heterocycles. The van der Waals surface area contributed by atoms with Gasteiger partial charge in [-0.3, -0.25) is 4.99 Å². The number of hydrogen-bond donors (Lipinski definition) is 1. The molecule has 0 aromatic heterocycles. The number of benzene rings is 2. The highest BCUT2D eigenvalue weighted by molar-refractivity contribution is 6.95. The van der Waals surface area contributed by atoms with Gasteiger partial charge < -0.3 is 19.0 Å². The molecule has 2 aromatic rings. The largest absolute Gasteiger partial charge is 0.442 e. The van der Waals surface area contributed by atoms with Crippen molar-refractivity contribution >= 4 is 26.1 Å². The van der Waals surface area contributed by atoms with Crippen molar-refractivity contribution in [1.29, 1.82) is 0 Å². The second kappa shape index (κ2) is 17.1. The molecule has 1 atom stereocenters. The molecule has 1 N–H and O–H groups in total. The van der Waals surface area contributed by atoms with Crippen molar-refractivity contribution in [3.63, 3.8) is 0 Å². The minimum atomic E-state index is -3.22. The maximum Gasteiger partial charge on any atom is 0.442 e. The summed E-state index contributed by atoms with van der Waals surface area (Å²) in [5.41, 5.74) is 13.7. The Balaban J connectivity index is 1.64. The molecule has 2 saturated carbocycles. The molecule has 302 valence electrons. The highest BCUT2D eigenvalue weighted by atomic mass is 28.4. The zero-order valence-electron chi connectivity index (χ0n) is 36.6. The van der Waals surface area contributed by atoms with Gasteiger partial charge in [-0.2, -0.15) is 0 Å². The van der Waals surface area contributed by atoms with E-state index >= 15 is 0 Å². The first kappa shape index (κ1) is 40.7. The van der Waals surface area contributed by atoms with Crippen LogP contribution in [0.4, 0.5) is 11.4 Å². The SMILES string of the molecule is C=C1C=C(C)N(c2c(C(C)C)cccc2C(C)C)[Si]2(C(NC3=CCCCC3)=C(C=NC3CCCCC3)N2C2CCCCC2)N1c1c(C(C)C)cccc1C(C)C. The van der Waals surface area contributed by atoms with Crippen LogP contribution in [0.25, 0.3) is 0 Å². The Kier molecular flexibility index (Phi) is 12.5. The van der Waals surface area contributed by atoms with Gasteiger partial charge in [0.05, 0.1) is 17.1 Å². The van der Waals surface area contributed by atoms with Gasteiger partial charge in [0.1, 0.15) is 0 Å². The second-order valence-corrected chi connectivity index (χ2v) is 22.0. The van der Waals surface area contributed by atoms with Crippen molar-refractivity contribution in [3.8, 4) is 0 Å². The van der Waals surface area contributed by atoms with Gasteiger partial charge in [0.15, 0.2) is 0 Å². The smallest absolute Gasteiger partial charge is 0.360 e. The molecule has 1 spiro atoms. The second-order valence-electron chi connectivity index (χ2n) is 18.9. The van der Waals surface area contributed by atoms with Crippen LogP contribution < -0.4 is 14.4 Å². The molecule has 2 fully saturated rings. The molecule has 56 heavy (non-hydrogen) atoms. The topological polar surface area (TPSA) is 34.1 Å². The van der Waals surface area contributed by atoms with Gasteiger partial charge in [-0.05, 0) is 110 Å². The van der Waals surface area contributed by atoms with Gasteiger partial charge in [0, 0.05) is 40.7 Å². The van der Waals surface area contributed by atoms with E-state index in [0.29, 0.717) is 35.8 Å². The van der Waals surface area contributed by atoms with Gasteiger partial charge in [-0.1, -0.05) is 143 Å². The van der Waals surface area contributed by atoms with E-state index in [-0.39, 0.29) is 0 Å². The van der Waals surface area contributed by atoms with E-state index in [1.165, 1.54) is 133 Å². The summed E-state index contributed by atoms with van der Waals surface area (Å²) in [6, 6.07) is 15.1. The molecule has 0 saturated heterocycles. The van der Waals surface area contributed by atoms with Crippen LogP contribution in [-0.4, -0.2) is 31.4 Å². The van der Waals surface area contributed by atoms with Gasteiger partial charge in [-0.25, -0.2) is 0 Å². The van der Waals surface area contributed by atoms with Crippen LogP contribution in [0, 0.1) is 0 Å². The Hall–Kier alpha value is -3.51. The Labute approximate surface area is 342 Å². The number of rotatable bonds is 11. The van der Waals surface area contributed by atoms with Crippen molar-refractivity contribution in [3.05, 3.63) is 105 Å². The van der Waals surface area contributed by atoms with Crippen LogP contribution >= 0.6 is 0 Å². The molecule has 6 heteroatoms. The van der Waals surface area contributed by atoms with E-state index in [2.05, 4.69) is 136 Å². The lowest BCUT2D eigenvalue weighted by Gasteiger charge is -2.67. The molecule has 7 rings (SSSR count). The van der Waals surface area contributed by atoms with Crippen LogP contribution in [0.3, 0.4) is 0 Å². The summed E-state index contributed by atoms with van der Waals surface area (Å²) in [5, 5.41) is 5.78. The molecular formula is C50H73N5Si. The third kappa shape index (κ3) is 7.37. The molecule has 2 aromatic carbocycles. The fourth-order valence-electron chi connectivity index (χ4n) is 10.6. The maximum atomic E-state index is 5.55. The number of aliphatic imine (C=N–C) groups is 1. The van der Waals surface area contributed by atoms with E-state index in [9.17, 15) is 0 Å². The predicted molar refractivity (Wildman–Crippen MR) is 244 cm³/mol. The van der Waals surface area contributed by atoms with Crippen molar-refractivity contribution in [2.45, 2.75) is 188 Å². The van der Waals surface area contributed by atoms with Crippen molar-refractivity contribution in [2.75, 3.05) is 9.13 Å². The summed E-state index contributed by atoms with van der Waals surface area (Å²) in [4.78, 5) is 5.55. The minimum Gasteiger partial charge on any atom is -0.360 e. The van der Waals surface area contributed by atoms with Crippen LogP contribution in [0.15, 0.2) is 88.2 Å². The lowest BCUT2D eigenvalue weighted by Crippen LogP contribution is -2.86. The van der Waals surface area contributed by atoms with Crippen molar-refractivity contribution in [2.24, 2.45) is 4.99 Å². The van der Waals surface area contributed by atoms with Crippen LogP contribution in [0.1, 0.15) is 198 Å². The van der Waals surface area contributed by atoms with Crippen LogP contribution in [0.5, 0.6) is 0 Å². The summed E-state index contributed by atoms with van der Waals surface area (Å²) in [6.45, 7) is 26.6. The normalized spacial score (nSPS) is 23.0. The van der Waals surface area contributed by atoms with Crippen molar-refractivity contribution in [1.82, 2.24) is 9.88 Å². The molecule has 5 aliphatic rings. The fourth-order valence-corrected chi connectivity index (χ4v) is 16.1.